The smallest absolute Gasteiger partial charge is 0.142 e. The zero-order valence-electron chi connectivity index (χ0n) is 18.6. The molecule has 2 aromatic rings. The molecule has 2 rings (SSSR count). The van der Waals surface area contributed by atoms with Crippen LogP contribution < -0.4 is 9.80 Å². The number of hydrogen-bond donors (Lipinski definition) is 0. The lowest BCUT2D eigenvalue weighted by molar-refractivity contribution is -0.104. The fraction of sp³-hybridized carbons (Fsp3) is 0.346. The van der Waals surface area contributed by atoms with Gasteiger partial charge in [-0.1, -0.05) is 42.0 Å². The van der Waals surface area contributed by atoms with Gasteiger partial charge in [0.2, 0.25) is 0 Å². The summed E-state index contributed by atoms with van der Waals surface area (Å²) in [6.07, 6.45) is 7.79. The number of nitrogens with zero attached hydrogens (tertiary/aromatic N) is 2. The van der Waals surface area contributed by atoms with Gasteiger partial charge in [-0.25, -0.2) is 0 Å². The summed E-state index contributed by atoms with van der Waals surface area (Å²) >= 11 is 0. The molecule has 0 saturated carbocycles. The number of carbonyl (C=O) groups excluding carboxylic acids is 1. The second kappa shape index (κ2) is 10.7. The van der Waals surface area contributed by atoms with Crippen molar-refractivity contribution in [2.45, 2.75) is 26.2 Å². The molecule has 0 amide bonds. The standard InChI is InChI=1S/C26H34N2O/c1-7-8-9-25(20(2)18-19-29)26(21-10-14-23(15-11-21)27(3)4)22-12-16-24(17-13-22)28(5)6/h7-8,10-19,25-26H,9H2,1-6H3/b8-7+,20-18+. The molecule has 2 aromatic carbocycles. The van der Waals surface area contributed by atoms with Gasteiger partial charge < -0.3 is 9.80 Å². The molecule has 0 aliphatic rings. The fourth-order valence-corrected chi connectivity index (χ4v) is 3.72. The van der Waals surface area contributed by atoms with E-state index in [0.29, 0.717) is 0 Å². The molecule has 3 heteroatoms. The molecular formula is C26H34N2O. The first-order valence-electron chi connectivity index (χ1n) is 10.2. The molecule has 154 valence electrons. The number of anilines is 2. The van der Waals surface area contributed by atoms with Crippen LogP contribution >= 0.6 is 0 Å². The number of allylic oxidation sites excluding steroid dienone is 4. The molecule has 0 aliphatic carbocycles. The highest BCUT2D eigenvalue weighted by Gasteiger charge is 2.26. The van der Waals surface area contributed by atoms with E-state index in [1.807, 2.05) is 6.92 Å². The van der Waals surface area contributed by atoms with Crippen molar-refractivity contribution in [1.82, 2.24) is 0 Å². The Bertz CT molecular complexity index is 779. The molecule has 0 fully saturated rings. The quantitative estimate of drug-likeness (QED) is 0.313. The summed E-state index contributed by atoms with van der Waals surface area (Å²) in [5.41, 5.74) is 6.00. The van der Waals surface area contributed by atoms with Crippen LogP contribution in [0.2, 0.25) is 0 Å². The van der Waals surface area contributed by atoms with Gasteiger partial charge in [0.15, 0.2) is 0 Å². The number of hydrogen-bond acceptors (Lipinski definition) is 3. The van der Waals surface area contributed by atoms with Crippen molar-refractivity contribution >= 4 is 17.7 Å². The molecule has 0 radical (unpaired) electrons. The second-order valence-electron chi connectivity index (χ2n) is 7.91. The molecule has 0 N–H and O–H groups in total. The lowest BCUT2D eigenvalue weighted by Crippen LogP contribution is -2.17. The van der Waals surface area contributed by atoms with Gasteiger partial charge in [0, 0.05) is 45.5 Å². The van der Waals surface area contributed by atoms with Gasteiger partial charge in [-0.2, -0.15) is 0 Å². The van der Waals surface area contributed by atoms with Gasteiger partial charge in [0.25, 0.3) is 0 Å². The lowest BCUT2D eigenvalue weighted by Gasteiger charge is -2.29. The molecule has 3 nitrogen and oxygen atoms in total. The van der Waals surface area contributed by atoms with Crippen LogP contribution in [0.3, 0.4) is 0 Å². The Morgan fingerprint density at radius 1 is 0.862 bits per heavy atom. The van der Waals surface area contributed by atoms with Crippen molar-refractivity contribution in [3.05, 3.63) is 83.5 Å². The van der Waals surface area contributed by atoms with E-state index in [1.54, 1.807) is 6.08 Å². The molecule has 0 bridgehead atoms. The van der Waals surface area contributed by atoms with Crippen LogP contribution in [0.1, 0.15) is 37.3 Å². The summed E-state index contributed by atoms with van der Waals surface area (Å²) in [7, 11) is 8.22. The first-order valence-corrected chi connectivity index (χ1v) is 10.2. The molecule has 0 aromatic heterocycles. The Morgan fingerprint density at radius 3 is 1.66 bits per heavy atom. The first kappa shape index (κ1) is 22.5. The molecule has 0 spiro atoms. The predicted octanol–water partition coefficient (Wildman–Crippen LogP) is 5.68. The Balaban J connectivity index is 2.58. The van der Waals surface area contributed by atoms with Crippen LogP contribution in [0.5, 0.6) is 0 Å². The van der Waals surface area contributed by atoms with Gasteiger partial charge in [0.05, 0.1) is 0 Å². The molecule has 0 heterocycles. The summed E-state index contributed by atoms with van der Waals surface area (Å²) in [4.78, 5) is 15.4. The molecule has 1 unspecified atom stereocenters. The van der Waals surface area contributed by atoms with E-state index in [-0.39, 0.29) is 11.8 Å². The van der Waals surface area contributed by atoms with Crippen LogP contribution in [0.4, 0.5) is 11.4 Å². The highest BCUT2D eigenvalue weighted by Crippen LogP contribution is 2.39. The highest BCUT2D eigenvalue weighted by molar-refractivity contribution is 5.66. The van der Waals surface area contributed by atoms with Crippen molar-refractivity contribution in [1.29, 1.82) is 0 Å². The van der Waals surface area contributed by atoms with Crippen molar-refractivity contribution in [2.75, 3.05) is 38.0 Å². The third-order valence-electron chi connectivity index (χ3n) is 5.48. The molecule has 1 atom stereocenters. The Hall–Kier alpha value is -2.81. The van der Waals surface area contributed by atoms with Crippen molar-refractivity contribution in [3.63, 3.8) is 0 Å². The lowest BCUT2D eigenvalue weighted by atomic mass is 9.75. The maximum absolute atomic E-state index is 11.2. The number of carbonyl (C=O) groups is 1. The van der Waals surface area contributed by atoms with Crippen LogP contribution in [0, 0.1) is 5.92 Å². The van der Waals surface area contributed by atoms with Crippen molar-refractivity contribution < 1.29 is 4.79 Å². The highest BCUT2D eigenvalue weighted by atomic mass is 16.1. The number of benzene rings is 2. The van der Waals surface area contributed by atoms with E-state index in [2.05, 4.69) is 106 Å². The SMILES string of the molecule is C/C=C/CC(/C(C)=C/C=O)C(c1ccc(N(C)C)cc1)c1ccc(N(C)C)cc1. The van der Waals surface area contributed by atoms with Gasteiger partial charge in [-0.15, -0.1) is 0 Å². The Morgan fingerprint density at radius 2 is 1.31 bits per heavy atom. The van der Waals surface area contributed by atoms with Gasteiger partial charge in [-0.3, -0.25) is 4.79 Å². The van der Waals surface area contributed by atoms with E-state index >= 15 is 0 Å². The monoisotopic (exact) mass is 390 g/mol. The molecule has 0 aliphatic heterocycles. The van der Waals surface area contributed by atoms with E-state index in [1.165, 1.54) is 22.5 Å². The predicted molar refractivity (Wildman–Crippen MR) is 126 cm³/mol. The maximum Gasteiger partial charge on any atom is 0.142 e. The summed E-state index contributed by atoms with van der Waals surface area (Å²) in [5, 5.41) is 0. The number of aldehydes is 1. The summed E-state index contributed by atoms with van der Waals surface area (Å²) < 4.78 is 0. The summed E-state index contributed by atoms with van der Waals surface area (Å²) in [6.45, 7) is 4.11. The minimum Gasteiger partial charge on any atom is -0.378 e. The van der Waals surface area contributed by atoms with Crippen LogP contribution in [0.15, 0.2) is 72.3 Å². The molecule has 29 heavy (non-hydrogen) atoms. The van der Waals surface area contributed by atoms with E-state index < -0.39 is 0 Å². The topological polar surface area (TPSA) is 23.6 Å². The fourth-order valence-electron chi connectivity index (χ4n) is 3.72. The third-order valence-corrected chi connectivity index (χ3v) is 5.48. The largest absolute Gasteiger partial charge is 0.378 e. The zero-order valence-corrected chi connectivity index (χ0v) is 18.6. The van der Waals surface area contributed by atoms with E-state index in [9.17, 15) is 4.79 Å². The van der Waals surface area contributed by atoms with E-state index in [0.717, 1.165) is 18.3 Å². The normalized spacial score (nSPS) is 13.0. The van der Waals surface area contributed by atoms with Crippen LogP contribution in [-0.2, 0) is 4.79 Å². The third kappa shape index (κ3) is 5.83. The summed E-state index contributed by atoms with van der Waals surface area (Å²) in [5.74, 6) is 0.390. The van der Waals surface area contributed by atoms with Gasteiger partial charge in [0.1, 0.15) is 6.29 Å². The number of rotatable bonds is 9. The maximum atomic E-state index is 11.2. The first-order chi connectivity index (χ1) is 13.9. The molecule has 0 saturated heterocycles. The molecular weight excluding hydrogens is 356 g/mol. The average Bonchev–Trinajstić information content (AvgIpc) is 2.71. The van der Waals surface area contributed by atoms with Crippen LogP contribution in [-0.4, -0.2) is 34.5 Å². The Kier molecular flexibility index (Phi) is 8.26. The van der Waals surface area contributed by atoms with Crippen molar-refractivity contribution in [2.24, 2.45) is 5.92 Å². The second-order valence-corrected chi connectivity index (χ2v) is 7.91. The average molecular weight is 391 g/mol. The zero-order chi connectivity index (χ0) is 21.4. The minimum atomic E-state index is 0.176. The van der Waals surface area contributed by atoms with E-state index in [4.69, 9.17) is 0 Å². The van der Waals surface area contributed by atoms with Crippen molar-refractivity contribution in [3.8, 4) is 0 Å². The Labute approximate surface area is 176 Å². The van der Waals surface area contributed by atoms with Crippen LogP contribution in [0.25, 0.3) is 0 Å². The van der Waals surface area contributed by atoms with Gasteiger partial charge in [-0.05, 0) is 67.7 Å². The summed E-state index contributed by atoms with van der Waals surface area (Å²) in [6, 6.07) is 17.6. The minimum absolute atomic E-state index is 0.176. The van der Waals surface area contributed by atoms with Gasteiger partial charge >= 0.3 is 0 Å².